The van der Waals surface area contributed by atoms with Crippen molar-refractivity contribution in [2.75, 3.05) is 0 Å². The number of hydrogen-bond donors (Lipinski definition) is 0. The summed E-state index contributed by atoms with van der Waals surface area (Å²) in [5.41, 5.74) is 0.0146. The number of hydrogen-bond acceptors (Lipinski definition) is 2. The molecule has 0 radical (unpaired) electrons. The Morgan fingerprint density at radius 1 is 1.38 bits per heavy atom. The van der Waals surface area contributed by atoms with Gasteiger partial charge in [-0.25, -0.2) is 0 Å². The van der Waals surface area contributed by atoms with Gasteiger partial charge in [0.15, 0.2) is 5.60 Å². The highest BCUT2D eigenvalue weighted by Crippen LogP contribution is 2.37. The molecule has 2 nitrogen and oxygen atoms in total. The third kappa shape index (κ3) is 1.25. The second-order valence-corrected chi connectivity index (χ2v) is 4.72. The van der Waals surface area contributed by atoms with Gasteiger partial charge in [0, 0.05) is 0 Å². The first-order valence-electron chi connectivity index (χ1n) is 4.05. The molecule has 2 rings (SSSR count). The van der Waals surface area contributed by atoms with Crippen LogP contribution in [0, 0.1) is 3.57 Å². The molecule has 3 heteroatoms. The second-order valence-electron chi connectivity index (χ2n) is 3.56. The molecule has 1 aliphatic heterocycles. The number of ketones is 1. The Labute approximate surface area is 90.4 Å². The zero-order valence-electron chi connectivity index (χ0n) is 7.43. The lowest BCUT2D eigenvalue weighted by Gasteiger charge is -2.15. The quantitative estimate of drug-likeness (QED) is 0.686. The van der Waals surface area contributed by atoms with Crippen LogP contribution in [0.4, 0.5) is 0 Å². The van der Waals surface area contributed by atoms with Crippen molar-refractivity contribution in [3.05, 3.63) is 27.3 Å². The minimum absolute atomic E-state index is 0.0704. The van der Waals surface area contributed by atoms with E-state index in [0.29, 0.717) is 5.56 Å². The number of rotatable bonds is 0. The summed E-state index contributed by atoms with van der Waals surface area (Å²) in [6, 6.07) is 5.63. The topological polar surface area (TPSA) is 26.3 Å². The van der Waals surface area contributed by atoms with Crippen molar-refractivity contribution >= 4 is 28.4 Å². The van der Waals surface area contributed by atoms with Gasteiger partial charge in [-0.1, -0.05) is 6.07 Å². The van der Waals surface area contributed by atoms with Crippen molar-refractivity contribution in [2.45, 2.75) is 19.4 Å². The monoisotopic (exact) mass is 288 g/mol. The van der Waals surface area contributed by atoms with Crippen LogP contribution in [-0.4, -0.2) is 11.4 Å². The molecule has 13 heavy (non-hydrogen) atoms. The number of para-hydroxylation sites is 1. The molecule has 0 aliphatic carbocycles. The summed E-state index contributed by atoms with van der Waals surface area (Å²) in [6.07, 6.45) is 0. The van der Waals surface area contributed by atoms with E-state index in [-0.39, 0.29) is 5.78 Å². The molecule has 0 saturated heterocycles. The summed E-state index contributed by atoms with van der Waals surface area (Å²) in [5.74, 6) is 0.805. The van der Waals surface area contributed by atoms with Gasteiger partial charge in [0.25, 0.3) is 0 Å². The SMILES string of the molecule is CC1(C)Oc2c(I)cccc2C1=O. The Balaban J connectivity index is 2.63. The highest BCUT2D eigenvalue weighted by Gasteiger charge is 2.40. The Hall–Kier alpha value is -0.580. The first-order chi connectivity index (χ1) is 6.02. The number of halogens is 1. The fourth-order valence-electron chi connectivity index (χ4n) is 1.42. The molecular formula is C10H9IO2. The molecule has 1 aromatic carbocycles. The maximum Gasteiger partial charge on any atom is 0.209 e. The summed E-state index contributed by atoms with van der Waals surface area (Å²) in [7, 11) is 0. The molecule has 0 bridgehead atoms. The van der Waals surface area contributed by atoms with Crippen LogP contribution >= 0.6 is 22.6 Å². The molecule has 68 valence electrons. The van der Waals surface area contributed by atoms with E-state index in [4.69, 9.17) is 4.74 Å². The summed E-state index contributed by atoms with van der Waals surface area (Å²) < 4.78 is 6.57. The number of fused-ring (bicyclic) bond motifs is 1. The van der Waals surface area contributed by atoms with Crippen LogP contribution in [0.3, 0.4) is 0 Å². The van der Waals surface area contributed by atoms with Crippen LogP contribution in [0.5, 0.6) is 5.75 Å². The molecule has 0 aromatic heterocycles. The fourth-order valence-corrected chi connectivity index (χ4v) is 2.03. The summed E-state index contributed by atoms with van der Waals surface area (Å²) in [4.78, 5) is 11.7. The summed E-state index contributed by atoms with van der Waals surface area (Å²) in [6.45, 7) is 3.59. The molecule has 0 amide bonds. The number of Topliss-reactive ketones (excluding diaryl/α,β-unsaturated/α-hetero) is 1. The van der Waals surface area contributed by atoms with E-state index in [1.165, 1.54) is 0 Å². The van der Waals surface area contributed by atoms with Gasteiger partial charge in [-0.05, 0) is 48.6 Å². The number of carbonyl (C=O) groups excluding carboxylic acids is 1. The average molecular weight is 288 g/mol. The van der Waals surface area contributed by atoms with Crippen molar-refractivity contribution in [1.29, 1.82) is 0 Å². The van der Waals surface area contributed by atoms with E-state index < -0.39 is 5.60 Å². The largest absolute Gasteiger partial charge is 0.478 e. The second kappa shape index (κ2) is 2.70. The molecule has 1 aromatic rings. The smallest absolute Gasteiger partial charge is 0.209 e. The molecule has 0 atom stereocenters. The van der Waals surface area contributed by atoms with Crippen molar-refractivity contribution in [3.8, 4) is 5.75 Å². The van der Waals surface area contributed by atoms with E-state index >= 15 is 0 Å². The number of benzene rings is 1. The van der Waals surface area contributed by atoms with Gasteiger partial charge in [0.2, 0.25) is 5.78 Å². The third-order valence-corrected chi connectivity index (χ3v) is 2.97. The van der Waals surface area contributed by atoms with Gasteiger partial charge in [0.1, 0.15) is 5.75 Å². The van der Waals surface area contributed by atoms with Crippen LogP contribution in [0.1, 0.15) is 24.2 Å². The fraction of sp³-hybridized carbons (Fsp3) is 0.300. The first kappa shape index (κ1) is 8.99. The van der Waals surface area contributed by atoms with Crippen LogP contribution in [0.15, 0.2) is 18.2 Å². The van der Waals surface area contributed by atoms with Gasteiger partial charge in [-0.2, -0.15) is 0 Å². The van der Waals surface area contributed by atoms with Gasteiger partial charge in [-0.3, -0.25) is 4.79 Å². The zero-order valence-corrected chi connectivity index (χ0v) is 9.58. The van der Waals surface area contributed by atoms with Gasteiger partial charge in [-0.15, -0.1) is 0 Å². The highest BCUT2D eigenvalue weighted by molar-refractivity contribution is 14.1. The van der Waals surface area contributed by atoms with Crippen molar-refractivity contribution < 1.29 is 9.53 Å². The molecular weight excluding hydrogens is 279 g/mol. The summed E-state index contributed by atoms with van der Waals surface area (Å²) >= 11 is 2.18. The maximum atomic E-state index is 11.7. The molecule has 1 aliphatic rings. The first-order valence-corrected chi connectivity index (χ1v) is 5.12. The Kier molecular flexibility index (Phi) is 1.87. The van der Waals surface area contributed by atoms with E-state index in [0.717, 1.165) is 9.32 Å². The van der Waals surface area contributed by atoms with Gasteiger partial charge >= 0.3 is 0 Å². The van der Waals surface area contributed by atoms with Gasteiger partial charge in [0.05, 0.1) is 9.13 Å². The van der Waals surface area contributed by atoms with Crippen LogP contribution in [-0.2, 0) is 0 Å². The Morgan fingerprint density at radius 2 is 2.08 bits per heavy atom. The summed E-state index contributed by atoms with van der Waals surface area (Å²) in [5, 5.41) is 0. The van der Waals surface area contributed by atoms with E-state index in [9.17, 15) is 4.79 Å². The van der Waals surface area contributed by atoms with Crippen molar-refractivity contribution in [1.82, 2.24) is 0 Å². The van der Waals surface area contributed by atoms with Crippen molar-refractivity contribution in [3.63, 3.8) is 0 Å². The Bertz CT molecular complexity index is 383. The minimum atomic E-state index is -0.691. The van der Waals surface area contributed by atoms with Crippen LogP contribution in [0.2, 0.25) is 0 Å². The average Bonchev–Trinajstić information content (AvgIpc) is 2.28. The zero-order chi connectivity index (χ0) is 9.64. The van der Waals surface area contributed by atoms with Gasteiger partial charge < -0.3 is 4.74 Å². The molecule has 0 unspecified atom stereocenters. The standard InChI is InChI=1S/C10H9IO2/c1-10(2)9(12)6-4-3-5-7(11)8(6)13-10/h3-5H,1-2H3. The molecule has 0 fully saturated rings. The lowest BCUT2D eigenvalue weighted by atomic mass is 10.0. The number of carbonyl (C=O) groups is 1. The lowest BCUT2D eigenvalue weighted by molar-refractivity contribution is 0.0682. The van der Waals surface area contributed by atoms with E-state index in [2.05, 4.69) is 22.6 Å². The third-order valence-electron chi connectivity index (χ3n) is 2.12. The normalized spacial score (nSPS) is 18.2. The van der Waals surface area contributed by atoms with Crippen LogP contribution < -0.4 is 4.74 Å². The molecule has 0 N–H and O–H groups in total. The lowest BCUT2D eigenvalue weighted by Crippen LogP contribution is -2.31. The van der Waals surface area contributed by atoms with E-state index in [1.807, 2.05) is 18.2 Å². The highest BCUT2D eigenvalue weighted by atomic mass is 127. The predicted octanol–water partition coefficient (Wildman–Crippen LogP) is 2.64. The molecule has 1 heterocycles. The molecule has 0 spiro atoms. The maximum absolute atomic E-state index is 11.7. The number of ether oxygens (including phenoxy) is 1. The van der Waals surface area contributed by atoms with E-state index in [1.54, 1.807) is 13.8 Å². The van der Waals surface area contributed by atoms with Crippen molar-refractivity contribution in [2.24, 2.45) is 0 Å². The molecule has 0 saturated carbocycles. The minimum Gasteiger partial charge on any atom is -0.478 e. The van der Waals surface area contributed by atoms with Crippen LogP contribution in [0.25, 0.3) is 0 Å². The predicted molar refractivity (Wildman–Crippen MR) is 58.2 cm³/mol. The Morgan fingerprint density at radius 3 is 2.69 bits per heavy atom.